The van der Waals surface area contributed by atoms with E-state index < -0.39 is 0 Å². The SMILES string of the molecule is CCCNC(c1ccc(F)cc1C)c1cccnc1N. The van der Waals surface area contributed by atoms with E-state index in [0.29, 0.717) is 5.82 Å². The molecule has 3 nitrogen and oxygen atoms in total. The van der Waals surface area contributed by atoms with Crippen LogP contribution in [-0.4, -0.2) is 11.5 Å². The molecular weight excluding hydrogens is 253 g/mol. The summed E-state index contributed by atoms with van der Waals surface area (Å²) >= 11 is 0. The van der Waals surface area contributed by atoms with Gasteiger partial charge in [-0.1, -0.05) is 19.1 Å². The van der Waals surface area contributed by atoms with E-state index in [9.17, 15) is 4.39 Å². The average Bonchev–Trinajstić information content (AvgIpc) is 2.42. The van der Waals surface area contributed by atoms with E-state index in [1.807, 2.05) is 25.1 Å². The number of hydrogen-bond acceptors (Lipinski definition) is 3. The van der Waals surface area contributed by atoms with Gasteiger partial charge >= 0.3 is 0 Å². The number of rotatable bonds is 5. The first-order valence-corrected chi connectivity index (χ1v) is 6.83. The highest BCUT2D eigenvalue weighted by Gasteiger charge is 2.18. The lowest BCUT2D eigenvalue weighted by Crippen LogP contribution is -2.25. The number of aromatic nitrogens is 1. The predicted octanol–water partition coefficient (Wildman–Crippen LogP) is 3.20. The van der Waals surface area contributed by atoms with Crippen molar-refractivity contribution in [3.8, 4) is 0 Å². The van der Waals surface area contributed by atoms with Crippen LogP contribution in [0.25, 0.3) is 0 Å². The van der Waals surface area contributed by atoms with Crippen molar-refractivity contribution in [1.29, 1.82) is 0 Å². The fraction of sp³-hybridized carbons (Fsp3) is 0.312. The van der Waals surface area contributed by atoms with Gasteiger partial charge in [0.25, 0.3) is 0 Å². The Balaban J connectivity index is 2.44. The molecule has 0 aliphatic rings. The van der Waals surface area contributed by atoms with Gasteiger partial charge in [0.1, 0.15) is 11.6 Å². The third kappa shape index (κ3) is 3.14. The Hall–Kier alpha value is -1.94. The van der Waals surface area contributed by atoms with E-state index in [1.54, 1.807) is 12.3 Å². The third-order valence-corrected chi connectivity index (χ3v) is 3.32. The lowest BCUT2D eigenvalue weighted by Gasteiger charge is -2.22. The van der Waals surface area contributed by atoms with Crippen LogP contribution in [0.4, 0.5) is 10.2 Å². The summed E-state index contributed by atoms with van der Waals surface area (Å²) in [6, 6.07) is 8.59. The lowest BCUT2D eigenvalue weighted by molar-refractivity contribution is 0.590. The molecule has 0 spiro atoms. The van der Waals surface area contributed by atoms with E-state index in [2.05, 4.69) is 17.2 Å². The highest BCUT2D eigenvalue weighted by atomic mass is 19.1. The molecule has 0 aliphatic carbocycles. The van der Waals surface area contributed by atoms with Gasteiger partial charge in [0.2, 0.25) is 0 Å². The molecule has 106 valence electrons. The zero-order valence-electron chi connectivity index (χ0n) is 11.9. The minimum absolute atomic E-state index is 0.0655. The number of hydrogen-bond donors (Lipinski definition) is 2. The smallest absolute Gasteiger partial charge is 0.128 e. The van der Waals surface area contributed by atoms with E-state index in [0.717, 1.165) is 29.7 Å². The standard InChI is InChI=1S/C16H20FN3/c1-3-8-19-15(14-5-4-9-20-16(14)18)13-7-6-12(17)10-11(13)2/h4-7,9-10,15,19H,3,8H2,1-2H3,(H2,18,20). The summed E-state index contributed by atoms with van der Waals surface area (Å²) in [5.41, 5.74) is 8.84. The molecule has 1 aromatic heterocycles. The molecule has 0 bridgehead atoms. The Kier molecular flexibility index (Phi) is 4.69. The second-order valence-electron chi connectivity index (χ2n) is 4.87. The summed E-state index contributed by atoms with van der Waals surface area (Å²) in [5.74, 6) is 0.282. The van der Waals surface area contributed by atoms with Crippen LogP contribution in [0.3, 0.4) is 0 Å². The second-order valence-corrected chi connectivity index (χ2v) is 4.87. The van der Waals surface area contributed by atoms with Gasteiger partial charge in [0.15, 0.2) is 0 Å². The summed E-state index contributed by atoms with van der Waals surface area (Å²) in [7, 11) is 0. The van der Waals surface area contributed by atoms with Crippen LogP contribution in [0.2, 0.25) is 0 Å². The van der Waals surface area contributed by atoms with Crippen LogP contribution in [0.1, 0.15) is 36.1 Å². The van der Waals surface area contributed by atoms with Gasteiger partial charge in [0.05, 0.1) is 6.04 Å². The largest absolute Gasteiger partial charge is 0.383 e. The lowest BCUT2D eigenvalue weighted by atomic mass is 9.95. The normalized spacial score (nSPS) is 12.3. The van der Waals surface area contributed by atoms with Crippen molar-refractivity contribution in [3.05, 3.63) is 59.0 Å². The van der Waals surface area contributed by atoms with Crippen molar-refractivity contribution in [3.63, 3.8) is 0 Å². The van der Waals surface area contributed by atoms with Crippen molar-refractivity contribution in [2.75, 3.05) is 12.3 Å². The number of nitrogens with one attached hydrogen (secondary N) is 1. The van der Waals surface area contributed by atoms with Crippen molar-refractivity contribution in [2.45, 2.75) is 26.3 Å². The molecule has 1 aromatic carbocycles. The quantitative estimate of drug-likeness (QED) is 0.879. The molecule has 1 unspecified atom stereocenters. The molecular formula is C16H20FN3. The molecule has 0 aliphatic heterocycles. The van der Waals surface area contributed by atoms with Gasteiger partial charge in [-0.2, -0.15) is 0 Å². The van der Waals surface area contributed by atoms with Crippen LogP contribution in [0.5, 0.6) is 0 Å². The van der Waals surface area contributed by atoms with E-state index in [-0.39, 0.29) is 11.9 Å². The fourth-order valence-electron chi connectivity index (χ4n) is 2.31. The van der Waals surface area contributed by atoms with Crippen molar-refractivity contribution in [2.24, 2.45) is 0 Å². The molecule has 2 rings (SSSR count). The summed E-state index contributed by atoms with van der Waals surface area (Å²) in [6.07, 6.45) is 2.68. The van der Waals surface area contributed by atoms with Crippen LogP contribution in [0, 0.1) is 12.7 Å². The minimum atomic E-state index is -0.223. The Bertz CT molecular complexity index is 584. The zero-order valence-corrected chi connectivity index (χ0v) is 11.9. The first-order chi connectivity index (χ1) is 9.63. The third-order valence-electron chi connectivity index (χ3n) is 3.32. The maximum atomic E-state index is 13.3. The highest BCUT2D eigenvalue weighted by Crippen LogP contribution is 2.28. The first kappa shape index (κ1) is 14.5. The van der Waals surface area contributed by atoms with Crippen molar-refractivity contribution in [1.82, 2.24) is 10.3 Å². The highest BCUT2D eigenvalue weighted by molar-refractivity contribution is 5.47. The number of pyridine rings is 1. The number of anilines is 1. The van der Waals surface area contributed by atoms with E-state index >= 15 is 0 Å². The summed E-state index contributed by atoms with van der Waals surface area (Å²) in [4.78, 5) is 4.14. The van der Waals surface area contributed by atoms with Gasteiger partial charge < -0.3 is 11.1 Å². The van der Waals surface area contributed by atoms with Crippen molar-refractivity contribution >= 4 is 5.82 Å². The summed E-state index contributed by atoms with van der Waals surface area (Å²) in [6.45, 7) is 4.87. The summed E-state index contributed by atoms with van der Waals surface area (Å²) < 4.78 is 13.3. The number of nitrogen functional groups attached to an aromatic ring is 1. The summed E-state index contributed by atoms with van der Waals surface area (Å²) in [5, 5.41) is 3.46. The van der Waals surface area contributed by atoms with Crippen LogP contribution < -0.4 is 11.1 Å². The molecule has 0 amide bonds. The van der Waals surface area contributed by atoms with Crippen LogP contribution in [-0.2, 0) is 0 Å². The number of aryl methyl sites for hydroxylation is 1. The molecule has 4 heteroatoms. The van der Waals surface area contributed by atoms with Gasteiger partial charge in [-0.3, -0.25) is 0 Å². The number of benzene rings is 1. The van der Waals surface area contributed by atoms with Crippen LogP contribution >= 0.6 is 0 Å². The first-order valence-electron chi connectivity index (χ1n) is 6.83. The van der Waals surface area contributed by atoms with Gasteiger partial charge in [-0.15, -0.1) is 0 Å². The van der Waals surface area contributed by atoms with Gasteiger partial charge in [0, 0.05) is 11.8 Å². The fourth-order valence-corrected chi connectivity index (χ4v) is 2.31. The molecule has 1 atom stereocenters. The molecule has 2 aromatic rings. The van der Waals surface area contributed by atoms with E-state index in [4.69, 9.17) is 5.73 Å². The number of halogens is 1. The zero-order chi connectivity index (χ0) is 14.5. The maximum absolute atomic E-state index is 13.3. The molecule has 0 radical (unpaired) electrons. The average molecular weight is 273 g/mol. The molecule has 0 saturated carbocycles. The van der Waals surface area contributed by atoms with E-state index in [1.165, 1.54) is 6.07 Å². The Morgan fingerprint density at radius 1 is 1.30 bits per heavy atom. The monoisotopic (exact) mass is 273 g/mol. The van der Waals surface area contributed by atoms with Gasteiger partial charge in [-0.05, 0) is 49.2 Å². The molecule has 0 saturated heterocycles. The van der Waals surface area contributed by atoms with Crippen molar-refractivity contribution < 1.29 is 4.39 Å². The predicted molar refractivity (Wildman–Crippen MR) is 79.9 cm³/mol. The molecule has 3 N–H and O–H groups in total. The second kappa shape index (κ2) is 6.48. The Morgan fingerprint density at radius 2 is 2.10 bits per heavy atom. The Labute approximate surface area is 119 Å². The molecule has 1 heterocycles. The number of nitrogens with two attached hydrogens (primary N) is 1. The van der Waals surface area contributed by atoms with Gasteiger partial charge in [-0.25, -0.2) is 9.37 Å². The van der Waals surface area contributed by atoms with Crippen LogP contribution in [0.15, 0.2) is 36.5 Å². The minimum Gasteiger partial charge on any atom is -0.383 e. The Morgan fingerprint density at radius 3 is 2.75 bits per heavy atom. The number of nitrogens with zero attached hydrogens (tertiary/aromatic N) is 1. The maximum Gasteiger partial charge on any atom is 0.128 e. The molecule has 0 fully saturated rings. The molecule has 20 heavy (non-hydrogen) atoms. The topological polar surface area (TPSA) is 50.9 Å².